The number of anilines is 1. The molecule has 1 amide bonds. The van der Waals surface area contributed by atoms with Crippen LogP contribution in [0.15, 0.2) is 33.7 Å². The number of halogens is 1. The molecule has 1 unspecified atom stereocenters. The van der Waals surface area contributed by atoms with E-state index < -0.39 is 5.91 Å². The lowest BCUT2D eigenvalue weighted by atomic mass is 10.0. The molecule has 1 aromatic heterocycles. The summed E-state index contributed by atoms with van der Waals surface area (Å²) < 4.78 is 19.1. The molecule has 0 spiro atoms. The van der Waals surface area contributed by atoms with Crippen LogP contribution in [0.5, 0.6) is 0 Å². The lowest BCUT2D eigenvalue weighted by Crippen LogP contribution is -2.43. The van der Waals surface area contributed by atoms with Gasteiger partial charge in [0.2, 0.25) is 5.88 Å². The molecule has 1 atom stereocenters. The third kappa shape index (κ3) is 3.37. The van der Waals surface area contributed by atoms with Crippen LogP contribution in [0.3, 0.4) is 0 Å². The molecule has 2 aromatic rings. The maximum absolute atomic E-state index is 13.1. The molecule has 0 saturated heterocycles. The Balaban J connectivity index is 1.65. The molecular formula is C21H25FN4O2. The van der Waals surface area contributed by atoms with Crippen molar-refractivity contribution in [2.75, 3.05) is 11.9 Å². The van der Waals surface area contributed by atoms with Crippen LogP contribution >= 0.6 is 0 Å². The number of primary amides is 1. The second kappa shape index (κ2) is 6.65. The summed E-state index contributed by atoms with van der Waals surface area (Å²) in [6.07, 6.45) is 3.44. The fourth-order valence-electron chi connectivity index (χ4n) is 3.63. The van der Waals surface area contributed by atoms with Gasteiger partial charge in [-0.1, -0.05) is 12.1 Å². The maximum Gasteiger partial charge on any atom is 0.253 e. The molecule has 1 saturated carbocycles. The number of fused-ring (bicyclic) bond motifs is 1. The highest BCUT2D eigenvalue weighted by Crippen LogP contribution is 2.39. The number of furan rings is 1. The zero-order valence-electron chi connectivity index (χ0n) is 16.4. The van der Waals surface area contributed by atoms with Gasteiger partial charge in [-0.25, -0.2) is 9.38 Å². The smallest absolute Gasteiger partial charge is 0.253 e. The Labute approximate surface area is 163 Å². The minimum atomic E-state index is -0.517. The van der Waals surface area contributed by atoms with Crippen LogP contribution in [0.1, 0.15) is 53.4 Å². The monoisotopic (exact) mass is 384 g/mol. The molecule has 0 bridgehead atoms. The number of hydrogen-bond acceptors (Lipinski definition) is 5. The molecule has 2 heterocycles. The second-order valence-corrected chi connectivity index (χ2v) is 8.00. The van der Waals surface area contributed by atoms with Gasteiger partial charge in [0.15, 0.2) is 0 Å². The predicted octanol–water partition coefficient (Wildman–Crippen LogP) is 3.12. The molecule has 28 heavy (non-hydrogen) atoms. The van der Waals surface area contributed by atoms with Crippen molar-refractivity contribution in [1.82, 2.24) is 5.32 Å². The van der Waals surface area contributed by atoms with Crippen LogP contribution in [-0.2, 0) is 6.42 Å². The molecule has 2 aliphatic rings. The quantitative estimate of drug-likeness (QED) is 0.830. The van der Waals surface area contributed by atoms with Gasteiger partial charge in [0, 0.05) is 12.6 Å². The SMILES string of the molecule is Cc1oc2c(c1C(N)=O)C(NC1(C)CC1)=NC(CCc1ccc(F)cc1)N2C. The number of nitrogens with two attached hydrogens (primary N) is 1. The van der Waals surface area contributed by atoms with Crippen LogP contribution in [-0.4, -0.2) is 30.5 Å². The summed E-state index contributed by atoms with van der Waals surface area (Å²) in [7, 11) is 1.90. The summed E-state index contributed by atoms with van der Waals surface area (Å²) in [5, 5.41) is 3.50. The van der Waals surface area contributed by atoms with Crippen LogP contribution in [0.25, 0.3) is 0 Å². The summed E-state index contributed by atoms with van der Waals surface area (Å²) in [6, 6.07) is 6.52. The first-order chi connectivity index (χ1) is 13.3. The van der Waals surface area contributed by atoms with Crippen LogP contribution in [0.2, 0.25) is 0 Å². The summed E-state index contributed by atoms with van der Waals surface area (Å²) in [4.78, 5) is 18.9. The normalized spacial score (nSPS) is 19.8. The highest BCUT2D eigenvalue weighted by molar-refractivity contribution is 6.13. The minimum absolute atomic E-state index is 0.00634. The van der Waals surface area contributed by atoms with Crippen molar-refractivity contribution >= 4 is 17.6 Å². The Morgan fingerprint density at radius 3 is 2.68 bits per heavy atom. The number of benzene rings is 1. The fraction of sp³-hybridized carbons (Fsp3) is 0.429. The third-order valence-corrected chi connectivity index (χ3v) is 5.62. The van der Waals surface area contributed by atoms with Gasteiger partial charge in [0.1, 0.15) is 23.6 Å². The number of hydrogen-bond donors (Lipinski definition) is 2. The molecule has 7 heteroatoms. The summed E-state index contributed by atoms with van der Waals surface area (Å²) >= 11 is 0. The van der Waals surface area contributed by atoms with Gasteiger partial charge in [0.05, 0.1) is 11.1 Å². The van der Waals surface area contributed by atoms with Gasteiger partial charge in [-0.3, -0.25) is 4.79 Å². The summed E-state index contributed by atoms with van der Waals surface area (Å²) in [5.41, 5.74) is 7.70. The average molecular weight is 384 g/mol. The first kappa shape index (κ1) is 18.5. The van der Waals surface area contributed by atoms with Gasteiger partial charge >= 0.3 is 0 Å². The van der Waals surface area contributed by atoms with Crippen LogP contribution in [0, 0.1) is 12.7 Å². The number of carbonyl (C=O) groups is 1. The number of rotatable bonds is 5. The minimum Gasteiger partial charge on any atom is -0.444 e. The van der Waals surface area contributed by atoms with E-state index in [2.05, 4.69) is 12.2 Å². The number of amidine groups is 1. The van der Waals surface area contributed by atoms with Gasteiger partial charge < -0.3 is 20.4 Å². The molecule has 4 rings (SSSR count). The molecule has 148 valence electrons. The van der Waals surface area contributed by atoms with E-state index in [1.54, 1.807) is 19.1 Å². The van der Waals surface area contributed by atoms with E-state index >= 15 is 0 Å². The van der Waals surface area contributed by atoms with E-state index in [0.29, 0.717) is 28.6 Å². The Bertz CT molecular complexity index is 944. The molecule has 1 aliphatic carbocycles. The molecule has 0 radical (unpaired) electrons. The largest absolute Gasteiger partial charge is 0.444 e. The Morgan fingerprint density at radius 1 is 1.39 bits per heavy atom. The Morgan fingerprint density at radius 2 is 2.07 bits per heavy atom. The van der Waals surface area contributed by atoms with Crippen molar-refractivity contribution in [2.45, 2.75) is 51.2 Å². The fourth-order valence-corrected chi connectivity index (χ4v) is 3.63. The van der Waals surface area contributed by atoms with Crippen molar-refractivity contribution < 1.29 is 13.6 Å². The van der Waals surface area contributed by atoms with E-state index in [9.17, 15) is 9.18 Å². The van der Waals surface area contributed by atoms with Gasteiger partial charge in [0.25, 0.3) is 5.91 Å². The first-order valence-electron chi connectivity index (χ1n) is 9.54. The molecular weight excluding hydrogens is 359 g/mol. The third-order valence-electron chi connectivity index (χ3n) is 5.62. The van der Waals surface area contributed by atoms with E-state index in [0.717, 1.165) is 31.2 Å². The van der Waals surface area contributed by atoms with Crippen molar-refractivity contribution in [3.63, 3.8) is 0 Å². The Hall–Kier alpha value is -2.83. The molecule has 1 aromatic carbocycles. The highest BCUT2D eigenvalue weighted by Gasteiger charge is 2.42. The van der Waals surface area contributed by atoms with Crippen LogP contribution in [0.4, 0.5) is 10.3 Å². The van der Waals surface area contributed by atoms with E-state index in [-0.39, 0.29) is 17.5 Å². The van der Waals surface area contributed by atoms with Crippen molar-refractivity contribution in [1.29, 1.82) is 0 Å². The van der Waals surface area contributed by atoms with E-state index in [1.807, 2.05) is 11.9 Å². The lowest BCUT2D eigenvalue weighted by Gasteiger charge is -2.32. The summed E-state index contributed by atoms with van der Waals surface area (Å²) in [5.74, 6) is 1.02. The van der Waals surface area contributed by atoms with Crippen molar-refractivity contribution in [3.05, 3.63) is 52.5 Å². The second-order valence-electron chi connectivity index (χ2n) is 8.00. The maximum atomic E-state index is 13.1. The van der Waals surface area contributed by atoms with E-state index in [4.69, 9.17) is 15.1 Å². The van der Waals surface area contributed by atoms with Crippen molar-refractivity contribution in [2.24, 2.45) is 10.7 Å². The van der Waals surface area contributed by atoms with Gasteiger partial charge in [-0.2, -0.15) is 0 Å². The number of nitrogens with one attached hydrogen (secondary N) is 1. The molecule has 1 fully saturated rings. The number of carbonyl (C=O) groups excluding carboxylic acids is 1. The summed E-state index contributed by atoms with van der Waals surface area (Å²) in [6.45, 7) is 3.88. The predicted molar refractivity (Wildman–Crippen MR) is 106 cm³/mol. The van der Waals surface area contributed by atoms with E-state index in [1.165, 1.54) is 12.1 Å². The first-order valence-corrected chi connectivity index (χ1v) is 9.54. The highest BCUT2D eigenvalue weighted by atomic mass is 19.1. The van der Waals surface area contributed by atoms with Gasteiger partial charge in [-0.05, 0) is 57.2 Å². The number of amides is 1. The van der Waals surface area contributed by atoms with Crippen LogP contribution < -0.4 is 16.0 Å². The zero-order valence-corrected chi connectivity index (χ0v) is 16.4. The van der Waals surface area contributed by atoms with Gasteiger partial charge in [-0.15, -0.1) is 0 Å². The number of aliphatic imine (C=N–C) groups is 1. The number of nitrogens with zero attached hydrogens (tertiary/aromatic N) is 2. The zero-order chi connectivity index (χ0) is 20.1. The molecule has 6 nitrogen and oxygen atoms in total. The lowest BCUT2D eigenvalue weighted by molar-refractivity contribution is 0.0998. The number of aryl methyl sites for hydroxylation is 2. The topological polar surface area (TPSA) is 83.9 Å². The molecule has 3 N–H and O–H groups in total. The molecule has 1 aliphatic heterocycles. The van der Waals surface area contributed by atoms with Crippen molar-refractivity contribution in [3.8, 4) is 0 Å². The Kier molecular flexibility index (Phi) is 4.40. The standard InChI is InChI=1S/C21H25FN4O2/c1-12-16(18(23)27)17-19(25-21(2)10-11-21)24-15(26(3)20(17)28-12)9-6-13-4-7-14(22)8-5-13/h4-5,7-8,15H,6,9-11H2,1-3H3,(H2,23,27)(H,24,25). The average Bonchev–Trinajstić information content (AvgIpc) is 3.25.